The molecule has 0 radical (unpaired) electrons. The van der Waals surface area contributed by atoms with E-state index in [1.165, 1.54) is 18.2 Å². The molecule has 172 valence electrons. The lowest BCUT2D eigenvalue weighted by Gasteiger charge is -2.12. The lowest BCUT2D eigenvalue weighted by Crippen LogP contribution is -2.13. The van der Waals surface area contributed by atoms with Gasteiger partial charge in [0.2, 0.25) is 0 Å². The van der Waals surface area contributed by atoms with E-state index >= 15 is 0 Å². The second kappa shape index (κ2) is 11.6. The Kier molecular flexibility index (Phi) is 8.61. The van der Waals surface area contributed by atoms with E-state index in [9.17, 15) is 20.2 Å². The molecule has 1 amide bonds. The second-order valence-corrected chi connectivity index (χ2v) is 8.90. The van der Waals surface area contributed by atoms with Gasteiger partial charge < -0.3 is 14.8 Å². The number of ether oxygens (including phenoxy) is 2. The average molecular weight is 634 g/mol. The highest BCUT2D eigenvalue weighted by molar-refractivity contribution is 14.1. The fourth-order valence-corrected chi connectivity index (χ4v) is 4.67. The number of nitriles is 1. The number of rotatable bonds is 8. The number of carbonyl (C=O) groups is 1. The Labute approximate surface area is 217 Å². The van der Waals surface area contributed by atoms with Crippen LogP contribution in [0.25, 0.3) is 6.08 Å². The zero-order valence-corrected chi connectivity index (χ0v) is 21.5. The standard InChI is InChI=1S/C24H17BrIN3O5/c1-33-20-7-5-18(6-8-20)28-24(30)17(13-27)9-16-11-21(25)23(22(26)12-16)34-14-15-3-2-4-19(10-15)29(31)32/h2-12H,14H2,1H3,(H,28,30)/b17-9-. The van der Waals surface area contributed by atoms with Gasteiger partial charge in [0.25, 0.3) is 11.6 Å². The van der Waals surface area contributed by atoms with Crippen molar-refractivity contribution in [2.24, 2.45) is 0 Å². The van der Waals surface area contributed by atoms with Crippen molar-refractivity contribution in [3.05, 3.63) is 95.5 Å². The van der Waals surface area contributed by atoms with Gasteiger partial charge in [-0.05, 0) is 92.1 Å². The molecule has 0 aliphatic rings. The molecule has 0 fully saturated rings. The molecule has 0 aromatic heterocycles. The highest BCUT2D eigenvalue weighted by Crippen LogP contribution is 2.33. The molecule has 0 heterocycles. The summed E-state index contributed by atoms with van der Waals surface area (Å²) >= 11 is 5.55. The van der Waals surface area contributed by atoms with E-state index in [2.05, 4.69) is 43.8 Å². The summed E-state index contributed by atoms with van der Waals surface area (Å²) in [6.45, 7) is 0.138. The van der Waals surface area contributed by atoms with Gasteiger partial charge in [-0.2, -0.15) is 5.26 Å². The highest BCUT2D eigenvalue weighted by Gasteiger charge is 2.14. The molecule has 3 rings (SSSR count). The van der Waals surface area contributed by atoms with Gasteiger partial charge in [-0.3, -0.25) is 14.9 Å². The molecule has 0 saturated carbocycles. The van der Waals surface area contributed by atoms with Crippen LogP contribution in [0, 0.1) is 25.0 Å². The number of nitrogens with zero attached hydrogens (tertiary/aromatic N) is 2. The normalized spacial score (nSPS) is 10.8. The topological polar surface area (TPSA) is 114 Å². The fraction of sp³-hybridized carbons (Fsp3) is 0.0833. The van der Waals surface area contributed by atoms with E-state index in [0.29, 0.717) is 32.8 Å². The molecule has 8 nitrogen and oxygen atoms in total. The van der Waals surface area contributed by atoms with Gasteiger partial charge in [0.05, 0.1) is 20.1 Å². The van der Waals surface area contributed by atoms with E-state index in [-0.39, 0.29) is 17.9 Å². The maximum absolute atomic E-state index is 12.6. The number of hydrogen-bond acceptors (Lipinski definition) is 6. The SMILES string of the molecule is COc1ccc(NC(=O)/C(C#N)=C\c2cc(Br)c(OCc3cccc([N+](=O)[O-])c3)c(I)c2)cc1. The minimum Gasteiger partial charge on any atom is -0.497 e. The number of halogens is 2. The summed E-state index contributed by atoms with van der Waals surface area (Å²) in [6, 6.07) is 18.4. The number of nitro groups is 1. The molecular weight excluding hydrogens is 617 g/mol. The molecule has 0 spiro atoms. The number of nitro benzene ring substituents is 1. The zero-order chi connectivity index (χ0) is 24.7. The molecule has 34 heavy (non-hydrogen) atoms. The van der Waals surface area contributed by atoms with Crippen LogP contribution in [-0.4, -0.2) is 17.9 Å². The molecular formula is C24H17BrIN3O5. The van der Waals surface area contributed by atoms with Gasteiger partial charge in [-0.15, -0.1) is 0 Å². The number of methoxy groups -OCH3 is 1. The number of benzene rings is 3. The number of hydrogen-bond donors (Lipinski definition) is 1. The molecule has 3 aromatic carbocycles. The predicted octanol–water partition coefficient (Wildman–Crippen LogP) is 6.10. The summed E-state index contributed by atoms with van der Waals surface area (Å²) < 4.78 is 12.3. The molecule has 0 aliphatic heterocycles. The van der Waals surface area contributed by atoms with Crippen LogP contribution >= 0.6 is 38.5 Å². The summed E-state index contributed by atoms with van der Waals surface area (Å²) in [5, 5.41) is 23.1. The third-order valence-corrected chi connectivity index (χ3v) is 5.94. The van der Waals surface area contributed by atoms with Gasteiger partial charge >= 0.3 is 0 Å². The van der Waals surface area contributed by atoms with Gasteiger partial charge in [-0.25, -0.2) is 0 Å². The van der Waals surface area contributed by atoms with E-state index in [0.717, 1.165) is 3.57 Å². The van der Waals surface area contributed by atoms with Crippen molar-refractivity contribution in [3.8, 4) is 17.6 Å². The molecule has 0 unspecified atom stereocenters. The first kappa shape index (κ1) is 25.2. The maximum Gasteiger partial charge on any atom is 0.269 e. The smallest absolute Gasteiger partial charge is 0.269 e. The summed E-state index contributed by atoms with van der Waals surface area (Å²) in [7, 11) is 1.55. The molecule has 0 bridgehead atoms. The van der Waals surface area contributed by atoms with E-state index < -0.39 is 10.8 Å². The van der Waals surface area contributed by atoms with Crippen LogP contribution in [0.15, 0.2) is 70.7 Å². The third kappa shape index (κ3) is 6.55. The first-order chi connectivity index (χ1) is 16.3. The van der Waals surface area contributed by atoms with Crippen LogP contribution in [0.4, 0.5) is 11.4 Å². The summed E-state index contributed by atoms with van der Waals surface area (Å²) in [6.07, 6.45) is 1.48. The van der Waals surface area contributed by atoms with Crippen LogP contribution < -0.4 is 14.8 Å². The number of nitrogens with one attached hydrogen (secondary N) is 1. The Morgan fingerprint density at radius 1 is 1.24 bits per heavy atom. The van der Waals surface area contributed by atoms with Gasteiger partial charge in [0, 0.05) is 17.8 Å². The van der Waals surface area contributed by atoms with Crippen LogP contribution in [-0.2, 0) is 11.4 Å². The lowest BCUT2D eigenvalue weighted by atomic mass is 10.1. The number of amides is 1. The Hall–Kier alpha value is -3.43. The van der Waals surface area contributed by atoms with Crippen molar-refractivity contribution < 1.29 is 19.2 Å². The van der Waals surface area contributed by atoms with Crippen LogP contribution in [0.2, 0.25) is 0 Å². The highest BCUT2D eigenvalue weighted by atomic mass is 127. The fourth-order valence-electron chi connectivity index (χ4n) is 2.90. The molecule has 0 saturated heterocycles. The minimum atomic E-state index is -0.537. The van der Waals surface area contributed by atoms with E-state index in [1.807, 2.05) is 6.07 Å². The largest absolute Gasteiger partial charge is 0.497 e. The Morgan fingerprint density at radius 3 is 2.59 bits per heavy atom. The Bertz CT molecular complexity index is 1280. The molecule has 3 aromatic rings. The number of anilines is 1. The van der Waals surface area contributed by atoms with Crippen molar-refractivity contribution >= 4 is 61.9 Å². The lowest BCUT2D eigenvalue weighted by molar-refractivity contribution is -0.384. The average Bonchev–Trinajstić information content (AvgIpc) is 2.82. The second-order valence-electron chi connectivity index (χ2n) is 6.88. The molecule has 0 aliphatic carbocycles. The summed E-state index contributed by atoms with van der Waals surface area (Å²) in [5.41, 5.74) is 1.74. The van der Waals surface area contributed by atoms with Crippen LogP contribution in [0.3, 0.4) is 0 Å². The predicted molar refractivity (Wildman–Crippen MR) is 140 cm³/mol. The van der Waals surface area contributed by atoms with Crippen molar-refractivity contribution in [1.29, 1.82) is 5.26 Å². The van der Waals surface area contributed by atoms with Gasteiger partial charge in [0.15, 0.2) is 0 Å². The minimum absolute atomic E-state index is 0.00713. The summed E-state index contributed by atoms with van der Waals surface area (Å²) in [5.74, 6) is 0.663. The summed E-state index contributed by atoms with van der Waals surface area (Å²) in [4.78, 5) is 23.1. The van der Waals surface area contributed by atoms with Crippen molar-refractivity contribution in [1.82, 2.24) is 0 Å². The Balaban J connectivity index is 1.75. The van der Waals surface area contributed by atoms with Crippen LogP contribution in [0.1, 0.15) is 11.1 Å². The van der Waals surface area contributed by atoms with Crippen molar-refractivity contribution in [3.63, 3.8) is 0 Å². The van der Waals surface area contributed by atoms with Gasteiger partial charge in [0.1, 0.15) is 29.7 Å². The molecule has 1 N–H and O–H groups in total. The Morgan fingerprint density at radius 2 is 1.97 bits per heavy atom. The first-order valence-electron chi connectivity index (χ1n) is 9.73. The van der Waals surface area contributed by atoms with Gasteiger partial charge in [-0.1, -0.05) is 12.1 Å². The zero-order valence-electron chi connectivity index (χ0n) is 17.7. The number of non-ortho nitro benzene ring substituents is 1. The van der Waals surface area contributed by atoms with E-state index in [4.69, 9.17) is 9.47 Å². The number of carbonyl (C=O) groups excluding carboxylic acids is 1. The van der Waals surface area contributed by atoms with Crippen molar-refractivity contribution in [2.75, 3.05) is 12.4 Å². The van der Waals surface area contributed by atoms with E-state index in [1.54, 1.807) is 55.6 Å². The quantitative estimate of drug-likeness (QED) is 0.105. The third-order valence-electron chi connectivity index (χ3n) is 4.55. The molecule has 0 atom stereocenters. The van der Waals surface area contributed by atoms with Crippen molar-refractivity contribution in [2.45, 2.75) is 6.61 Å². The van der Waals surface area contributed by atoms with Crippen LogP contribution in [0.5, 0.6) is 11.5 Å². The maximum atomic E-state index is 12.6. The monoisotopic (exact) mass is 633 g/mol. The molecule has 10 heteroatoms. The first-order valence-corrected chi connectivity index (χ1v) is 11.6.